The number of carbonyl (C=O) groups is 2. The first-order valence-corrected chi connectivity index (χ1v) is 10.7. The van der Waals surface area contributed by atoms with Gasteiger partial charge in [0.1, 0.15) is 17.4 Å². The van der Waals surface area contributed by atoms with E-state index in [1.807, 2.05) is 6.07 Å². The van der Waals surface area contributed by atoms with Crippen LogP contribution in [0.25, 0.3) is 6.08 Å². The van der Waals surface area contributed by atoms with Crippen molar-refractivity contribution in [2.75, 3.05) is 5.32 Å². The second-order valence-corrected chi connectivity index (χ2v) is 8.08. The Labute approximate surface area is 184 Å². The van der Waals surface area contributed by atoms with E-state index in [0.717, 1.165) is 0 Å². The summed E-state index contributed by atoms with van der Waals surface area (Å²) in [4.78, 5) is 24.4. The van der Waals surface area contributed by atoms with Gasteiger partial charge in [-0.15, -0.1) is 0 Å². The maximum absolute atomic E-state index is 12.4. The van der Waals surface area contributed by atoms with Crippen LogP contribution in [0.5, 0.6) is 5.75 Å². The van der Waals surface area contributed by atoms with E-state index in [1.165, 1.54) is 30.3 Å². The number of sulfonamides is 1. The number of anilines is 1. The highest BCUT2D eigenvalue weighted by Crippen LogP contribution is 2.18. The highest BCUT2D eigenvalue weighted by atomic mass is 32.2. The summed E-state index contributed by atoms with van der Waals surface area (Å²) >= 11 is 0. The number of carbonyl (C=O) groups excluding carboxylic acids is 2. The lowest BCUT2D eigenvalue weighted by molar-refractivity contribution is -0.112. The number of primary sulfonamides is 1. The minimum Gasteiger partial charge on any atom is -0.423 e. The molecule has 8 nitrogen and oxygen atoms in total. The Balaban J connectivity index is 1.68. The van der Waals surface area contributed by atoms with E-state index < -0.39 is 21.9 Å². The van der Waals surface area contributed by atoms with Crippen LogP contribution in [0.3, 0.4) is 0 Å². The molecule has 32 heavy (non-hydrogen) atoms. The molecule has 0 atom stereocenters. The molecule has 0 bridgehead atoms. The van der Waals surface area contributed by atoms with Crippen molar-refractivity contribution in [2.45, 2.75) is 4.90 Å². The largest absolute Gasteiger partial charge is 0.423 e. The first-order chi connectivity index (χ1) is 15.3. The van der Waals surface area contributed by atoms with Crippen LogP contribution >= 0.6 is 0 Å². The average molecular weight is 447 g/mol. The van der Waals surface area contributed by atoms with Crippen molar-refractivity contribution < 1.29 is 22.7 Å². The second kappa shape index (κ2) is 9.70. The molecule has 160 valence electrons. The van der Waals surface area contributed by atoms with E-state index in [1.54, 1.807) is 54.6 Å². The third-order valence-corrected chi connectivity index (χ3v) is 5.15. The monoisotopic (exact) mass is 447 g/mol. The topological polar surface area (TPSA) is 139 Å². The highest BCUT2D eigenvalue weighted by molar-refractivity contribution is 7.89. The number of nitrogens with one attached hydrogen (secondary N) is 1. The van der Waals surface area contributed by atoms with Crippen molar-refractivity contribution in [1.82, 2.24) is 0 Å². The summed E-state index contributed by atoms with van der Waals surface area (Å²) in [6, 6.07) is 21.9. The van der Waals surface area contributed by atoms with Crippen molar-refractivity contribution in [3.05, 3.63) is 95.6 Å². The molecule has 3 rings (SSSR count). The van der Waals surface area contributed by atoms with Gasteiger partial charge < -0.3 is 10.1 Å². The van der Waals surface area contributed by atoms with Crippen LogP contribution in [0.4, 0.5) is 5.69 Å². The van der Waals surface area contributed by atoms with Gasteiger partial charge in [0, 0.05) is 5.69 Å². The normalized spacial score (nSPS) is 11.3. The summed E-state index contributed by atoms with van der Waals surface area (Å²) < 4.78 is 27.9. The van der Waals surface area contributed by atoms with Gasteiger partial charge in [-0.1, -0.05) is 30.3 Å². The molecule has 3 N–H and O–H groups in total. The number of esters is 1. The number of nitrogens with two attached hydrogens (primary N) is 1. The van der Waals surface area contributed by atoms with E-state index in [0.29, 0.717) is 22.6 Å². The van der Waals surface area contributed by atoms with Crippen LogP contribution in [0.1, 0.15) is 15.9 Å². The van der Waals surface area contributed by atoms with E-state index in [-0.39, 0.29) is 10.5 Å². The van der Waals surface area contributed by atoms with Gasteiger partial charge in [0.15, 0.2) is 0 Å². The molecule has 0 saturated carbocycles. The number of nitriles is 1. The van der Waals surface area contributed by atoms with Crippen LogP contribution in [-0.4, -0.2) is 20.3 Å². The Kier molecular flexibility index (Phi) is 6.80. The average Bonchev–Trinajstić information content (AvgIpc) is 2.78. The van der Waals surface area contributed by atoms with Gasteiger partial charge in [0.25, 0.3) is 5.91 Å². The Morgan fingerprint density at radius 3 is 2.12 bits per heavy atom. The molecule has 0 aliphatic carbocycles. The molecule has 0 spiro atoms. The van der Waals surface area contributed by atoms with Crippen molar-refractivity contribution in [3.63, 3.8) is 0 Å². The van der Waals surface area contributed by atoms with Crippen molar-refractivity contribution >= 4 is 33.7 Å². The lowest BCUT2D eigenvalue weighted by atomic mass is 10.1. The van der Waals surface area contributed by atoms with Crippen LogP contribution in [0, 0.1) is 11.3 Å². The molecule has 3 aromatic rings. The molecular formula is C23H17N3O5S. The molecular weight excluding hydrogens is 430 g/mol. The molecule has 0 aliphatic heterocycles. The van der Waals surface area contributed by atoms with Crippen molar-refractivity contribution in [3.8, 4) is 11.8 Å². The first-order valence-electron chi connectivity index (χ1n) is 9.19. The lowest BCUT2D eigenvalue weighted by Crippen LogP contribution is -2.14. The Morgan fingerprint density at radius 1 is 0.938 bits per heavy atom. The quantitative estimate of drug-likeness (QED) is 0.258. The Morgan fingerprint density at radius 2 is 1.56 bits per heavy atom. The SMILES string of the molecule is N#C/C(=C\c1ccc(OC(=O)c2ccccc2)cc1)C(=O)Nc1ccc(S(N)(=O)=O)cc1. The predicted molar refractivity (Wildman–Crippen MR) is 118 cm³/mol. The van der Waals surface area contributed by atoms with Gasteiger partial charge in [0.05, 0.1) is 10.5 Å². The Bertz CT molecular complexity index is 1310. The molecule has 0 saturated heterocycles. The molecule has 3 aromatic carbocycles. The predicted octanol–water partition coefficient (Wildman–Crippen LogP) is 3.10. The first kappa shape index (κ1) is 22.4. The fourth-order valence-corrected chi connectivity index (χ4v) is 3.13. The molecule has 0 unspecified atom stereocenters. The molecule has 9 heteroatoms. The zero-order chi connectivity index (χ0) is 23.1. The number of rotatable bonds is 6. The van der Waals surface area contributed by atoms with E-state index in [9.17, 15) is 23.3 Å². The van der Waals surface area contributed by atoms with Crippen molar-refractivity contribution in [2.24, 2.45) is 5.14 Å². The molecule has 1 amide bonds. The zero-order valence-electron chi connectivity index (χ0n) is 16.6. The minimum atomic E-state index is -3.84. The smallest absolute Gasteiger partial charge is 0.343 e. The minimum absolute atomic E-state index is 0.0976. The van der Waals surface area contributed by atoms with E-state index in [2.05, 4.69) is 5.32 Å². The fourth-order valence-electron chi connectivity index (χ4n) is 2.61. The summed E-state index contributed by atoms with van der Waals surface area (Å²) in [7, 11) is -3.84. The van der Waals surface area contributed by atoms with Gasteiger partial charge in [0.2, 0.25) is 10.0 Å². The van der Waals surface area contributed by atoms with Gasteiger partial charge in [-0.05, 0) is 60.2 Å². The molecule has 0 aliphatic rings. The van der Waals surface area contributed by atoms with Gasteiger partial charge in [-0.2, -0.15) is 5.26 Å². The van der Waals surface area contributed by atoms with Crippen LogP contribution in [-0.2, 0) is 14.8 Å². The number of hydrogen-bond acceptors (Lipinski definition) is 6. The maximum Gasteiger partial charge on any atom is 0.343 e. The molecule has 0 aromatic heterocycles. The highest BCUT2D eigenvalue weighted by Gasteiger charge is 2.12. The number of nitrogens with zero attached hydrogens (tertiary/aromatic N) is 1. The third-order valence-electron chi connectivity index (χ3n) is 4.22. The summed E-state index contributed by atoms with van der Waals surface area (Å²) in [5, 5.41) is 16.9. The number of hydrogen-bond donors (Lipinski definition) is 2. The second-order valence-electron chi connectivity index (χ2n) is 6.52. The number of ether oxygens (including phenoxy) is 1. The molecule has 0 fully saturated rings. The van der Waals surface area contributed by atoms with Crippen LogP contribution in [0.2, 0.25) is 0 Å². The van der Waals surface area contributed by atoms with E-state index >= 15 is 0 Å². The Hall–Kier alpha value is -4.26. The lowest BCUT2D eigenvalue weighted by Gasteiger charge is -2.06. The third kappa shape index (κ3) is 5.89. The summed E-state index contributed by atoms with van der Waals surface area (Å²) in [6.07, 6.45) is 1.37. The van der Waals surface area contributed by atoms with E-state index in [4.69, 9.17) is 9.88 Å². The van der Waals surface area contributed by atoms with Crippen LogP contribution in [0.15, 0.2) is 89.3 Å². The van der Waals surface area contributed by atoms with Gasteiger partial charge >= 0.3 is 5.97 Å². The molecule has 0 heterocycles. The summed E-state index contributed by atoms with van der Waals surface area (Å²) in [5.74, 6) is -0.858. The van der Waals surface area contributed by atoms with Crippen LogP contribution < -0.4 is 15.2 Å². The van der Waals surface area contributed by atoms with Crippen molar-refractivity contribution in [1.29, 1.82) is 5.26 Å². The molecule has 0 radical (unpaired) electrons. The zero-order valence-corrected chi connectivity index (χ0v) is 17.4. The fraction of sp³-hybridized carbons (Fsp3) is 0. The maximum atomic E-state index is 12.4. The van der Waals surface area contributed by atoms with Gasteiger partial charge in [-0.3, -0.25) is 4.79 Å². The number of amides is 1. The number of benzene rings is 3. The standard InChI is InChI=1S/C23H17N3O5S/c24-15-18(22(27)26-19-8-12-21(13-9-19)32(25,29)30)14-16-6-10-20(11-7-16)31-23(28)17-4-2-1-3-5-17/h1-14H,(H,26,27)(H2,25,29,30)/b18-14+. The van der Waals surface area contributed by atoms with Gasteiger partial charge in [-0.25, -0.2) is 18.4 Å². The summed E-state index contributed by atoms with van der Waals surface area (Å²) in [5.41, 5.74) is 1.08. The summed E-state index contributed by atoms with van der Waals surface area (Å²) in [6.45, 7) is 0.